The van der Waals surface area contributed by atoms with E-state index in [1.165, 1.54) is 6.20 Å². The van der Waals surface area contributed by atoms with Gasteiger partial charge in [-0.25, -0.2) is 13.1 Å². The summed E-state index contributed by atoms with van der Waals surface area (Å²) in [5.74, 6) is -0.228. The second-order valence-electron chi connectivity index (χ2n) is 5.62. The van der Waals surface area contributed by atoms with Crippen LogP contribution in [0.25, 0.3) is 11.3 Å². The van der Waals surface area contributed by atoms with Gasteiger partial charge in [-0.3, -0.25) is 14.9 Å². The second kappa shape index (κ2) is 6.09. The highest BCUT2D eigenvalue weighted by atomic mass is 32.2. The lowest BCUT2D eigenvalue weighted by Crippen LogP contribution is -2.53. The van der Waals surface area contributed by atoms with E-state index in [1.807, 2.05) is 0 Å². The number of aromatic nitrogens is 3. The number of nitrogens with one attached hydrogen (secondary N) is 3. The highest BCUT2D eigenvalue weighted by Gasteiger charge is 2.32. The number of hydrogen-bond acceptors (Lipinski definition) is 5. The molecule has 3 rings (SSSR count). The molecule has 1 amide bonds. The van der Waals surface area contributed by atoms with Crippen molar-refractivity contribution in [2.75, 3.05) is 6.26 Å². The summed E-state index contributed by atoms with van der Waals surface area (Å²) in [6, 6.07) is 3.43. The van der Waals surface area contributed by atoms with Gasteiger partial charge in [-0.2, -0.15) is 5.10 Å². The lowest BCUT2D eigenvalue weighted by molar-refractivity contribution is 0.0908. The fourth-order valence-corrected chi connectivity index (χ4v) is 3.39. The molecule has 1 saturated carbocycles. The molecule has 1 aliphatic carbocycles. The Labute approximate surface area is 133 Å². The van der Waals surface area contributed by atoms with E-state index in [4.69, 9.17) is 0 Å². The third-order valence-electron chi connectivity index (χ3n) is 3.71. The zero-order valence-corrected chi connectivity index (χ0v) is 13.3. The molecule has 0 saturated heterocycles. The van der Waals surface area contributed by atoms with Gasteiger partial charge in [0.1, 0.15) is 0 Å². The van der Waals surface area contributed by atoms with Crippen molar-refractivity contribution in [1.82, 2.24) is 25.2 Å². The second-order valence-corrected chi connectivity index (χ2v) is 7.40. The average Bonchev–Trinajstić information content (AvgIpc) is 2.94. The predicted molar refractivity (Wildman–Crippen MR) is 84.1 cm³/mol. The number of carbonyl (C=O) groups excluding carboxylic acids is 1. The summed E-state index contributed by atoms with van der Waals surface area (Å²) in [4.78, 5) is 16.3. The van der Waals surface area contributed by atoms with Gasteiger partial charge in [-0.05, 0) is 25.0 Å². The molecule has 2 aromatic rings. The zero-order valence-electron chi connectivity index (χ0n) is 12.5. The van der Waals surface area contributed by atoms with Gasteiger partial charge in [0.05, 0.1) is 23.7 Å². The molecule has 8 nitrogen and oxygen atoms in total. The maximum Gasteiger partial charge on any atom is 0.255 e. The van der Waals surface area contributed by atoms with Crippen LogP contribution in [-0.4, -0.2) is 47.8 Å². The first kappa shape index (κ1) is 15.6. The maximum absolute atomic E-state index is 12.4. The first-order valence-electron chi connectivity index (χ1n) is 7.14. The Kier molecular flexibility index (Phi) is 4.14. The van der Waals surface area contributed by atoms with Crippen LogP contribution in [0.4, 0.5) is 0 Å². The van der Waals surface area contributed by atoms with Crippen molar-refractivity contribution in [3.05, 3.63) is 36.3 Å². The lowest BCUT2D eigenvalue weighted by Gasteiger charge is -2.35. The van der Waals surface area contributed by atoms with Crippen LogP contribution in [0.15, 0.2) is 30.7 Å². The van der Waals surface area contributed by atoms with Gasteiger partial charge < -0.3 is 5.32 Å². The molecule has 122 valence electrons. The number of carbonyl (C=O) groups is 1. The fourth-order valence-electron chi connectivity index (χ4n) is 2.59. The van der Waals surface area contributed by atoms with Crippen molar-refractivity contribution in [1.29, 1.82) is 0 Å². The summed E-state index contributed by atoms with van der Waals surface area (Å²) in [6.45, 7) is 0. The maximum atomic E-state index is 12.4. The average molecular weight is 335 g/mol. The van der Waals surface area contributed by atoms with E-state index < -0.39 is 10.0 Å². The van der Waals surface area contributed by atoms with Crippen molar-refractivity contribution >= 4 is 15.9 Å². The molecule has 9 heteroatoms. The number of hydrogen-bond donors (Lipinski definition) is 3. The van der Waals surface area contributed by atoms with E-state index in [9.17, 15) is 13.2 Å². The molecule has 0 bridgehead atoms. The Hall–Kier alpha value is -2.26. The minimum Gasteiger partial charge on any atom is -0.349 e. The summed E-state index contributed by atoms with van der Waals surface area (Å²) < 4.78 is 24.8. The Bertz CT molecular complexity index is 797. The number of H-pyrrole nitrogens is 1. The van der Waals surface area contributed by atoms with Crippen LogP contribution in [0, 0.1) is 0 Å². The normalized spacial score (nSPS) is 20.7. The lowest BCUT2D eigenvalue weighted by atomic mass is 9.87. The Morgan fingerprint density at radius 3 is 2.61 bits per heavy atom. The van der Waals surface area contributed by atoms with E-state index in [0.29, 0.717) is 24.1 Å². The molecule has 0 aliphatic heterocycles. The zero-order chi connectivity index (χ0) is 16.4. The van der Waals surface area contributed by atoms with Crippen LogP contribution in [0.3, 0.4) is 0 Å². The monoisotopic (exact) mass is 335 g/mol. The van der Waals surface area contributed by atoms with Crippen LogP contribution in [-0.2, 0) is 10.0 Å². The molecule has 0 radical (unpaired) electrons. The SMILES string of the molecule is CS(=O)(=O)NC1CC(NC(=O)c2cn[nH]c2-c2ccncc2)C1. The fraction of sp³-hybridized carbons (Fsp3) is 0.357. The quantitative estimate of drug-likeness (QED) is 0.726. The van der Waals surface area contributed by atoms with Gasteiger partial charge >= 0.3 is 0 Å². The van der Waals surface area contributed by atoms with Gasteiger partial charge in [-0.15, -0.1) is 0 Å². The molecule has 23 heavy (non-hydrogen) atoms. The van der Waals surface area contributed by atoms with E-state index in [2.05, 4.69) is 25.2 Å². The van der Waals surface area contributed by atoms with Crippen LogP contribution < -0.4 is 10.0 Å². The topological polar surface area (TPSA) is 117 Å². The van der Waals surface area contributed by atoms with Crippen molar-refractivity contribution in [2.24, 2.45) is 0 Å². The van der Waals surface area contributed by atoms with E-state index in [-0.39, 0.29) is 18.0 Å². The highest BCUT2D eigenvalue weighted by Crippen LogP contribution is 2.23. The molecule has 0 spiro atoms. The van der Waals surface area contributed by atoms with E-state index in [1.54, 1.807) is 24.5 Å². The molecular weight excluding hydrogens is 318 g/mol. The van der Waals surface area contributed by atoms with Crippen molar-refractivity contribution < 1.29 is 13.2 Å². The van der Waals surface area contributed by atoms with Gasteiger partial charge in [-0.1, -0.05) is 0 Å². The van der Waals surface area contributed by atoms with Crippen molar-refractivity contribution in [3.63, 3.8) is 0 Å². The van der Waals surface area contributed by atoms with Crippen LogP contribution in [0.1, 0.15) is 23.2 Å². The van der Waals surface area contributed by atoms with E-state index >= 15 is 0 Å². The number of sulfonamides is 1. The molecule has 1 aliphatic rings. The number of nitrogens with zero attached hydrogens (tertiary/aromatic N) is 2. The number of pyridine rings is 1. The minimum absolute atomic E-state index is 0.0399. The van der Waals surface area contributed by atoms with Crippen LogP contribution in [0.2, 0.25) is 0 Å². The molecule has 0 atom stereocenters. The minimum atomic E-state index is -3.21. The smallest absolute Gasteiger partial charge is 0.255 e. The highest BCUT2D eigenvalue weighted by molar-refractivity contribution is 7.88. The van der Waals surface area contributed by atoms with Crippen molar-refractivity contribution in [2.45, 2.75) is 24.9 Å². The molecule has 2 aromatic heterocycles. The molecule has 3 N–H and O–H groups in total. The molecule has 1 fully saturated rings. The van der Waals surface area contributed by atoms with Crippen LogP contribution >= 0.6 is 0 Å². The Balaban J connectivity index is 1.62. The van der Waals surface area contributed by atoms with Gasteiger partial charge in [0.25, 0.3) is 5.91 Å². The third kappa shape index (κ3) is 3.74. The largest absolute Gasteiger partial charge is 0.349 e. The van der Waals surface area contributed by atoms with E-state index in [0.717, 1.165) is 11.8 Å². The first-order chi connectivity index (χ1) is 10.9. The molecule has 2 heterocycles. The van der Waals surface area contributed by atoms with Gasteiger partial charge in [0.15, 0.2) is 0 Å². The Morgan fingerprint density at radius 1 is 1.26 bits per heavy atom. The number of aromatic amines is 1. The summed E-state index contributed by atoms with van der Waals surface area (Å²) in [5, 5.41) is 9.65. The number of amides is 1. The van der Waals surface area contributed by atoms with Crippen molar-refractivity contribution in [3.8, 4) is 11.3 Å². The van der Waals surface area contributed by atoms with Crippen LogP contribution in [0.5, 0.6) is 0 Å². The van der Waals surface area contributed by atoms with Gasteiger partial charge in [0, 0.05) is 30.0 Å². The van der Waals surface area contributed by atoms with Gasteiger partial charge in [0.2, 0.25) is 10.0 Å². The molecule has 0 aromatic carbocycles. The number of rotatable bonds is 5. The molecule has 0 unspecified atom stereocenters. The predicted octanol–water partition coefficient (Wildman–Crippen LogP) is 0.282. The summed E-state index contributed by atoms with van der Waals surface area (Å²) in [5.41, 5.74) is 1.92. The standard InChI is InChI=1S/C14H17N5O3S/c1-23(21,22)19-11-6-10(7-11)17-14(20)12-8-16-18-13(12)9-2-4-15-5-3-9/h2-5,8,10-11,19H,6-7H2,1H3,(H,16,18)(H,17,20). The first-order valence-corrected chi connectivity index (χ1v) is 9.03. The summed E-state index contributed by atoms with van der Waals surface area (Å²) in [6.07, 6.45) is 7.07. The summed E-state index contributed by atoms with van der Waals surface area (Å²) in [7, 11) is -3.21. The Morgan fingerprint density at radius 2 is 1.96 bits per heavy atom. The molecular formula is C14H17N5O3S. The summed E-state index contributed by atoms with van der Waals surface area (Å²) >= 11 is 0. The third-order valence-corrected chi connectivity index (χ3v) is 4.47.